The molecule has 3 aromatic rings. The summed E-state index contributed by atoms with van der Waals surface area (Å²) in [6.07, 6.45) is 4.66. The first-order valence-electron chi connectivity index (χ1n) is 10.4. The zero-order chi connectivity index (χ0) is 25.3. The fourth-order valence-electron chi connectivity index (χ4n) is 3.62. The maximum atomic E-state index is 12.7. The van der Waals surface area contributed by atoms with Crippen LogP contribution in [-0.4, -0.2) is 55.6 Å². The van der Waals surface area contributed by atoms with Crippen LogP contribution < -0.4 is 5.56 Å². The minimum atomic E-state index is -1.06. The molecule has 0 bridgehead atoms. The van der Waals surface area contributed by atoms with Gasteiger partial charge < -0.3 is 10.2 Å². The standard InChI is InChI=1S/C25H20N4O6/c1-28-22(30)18(20(26-28)14-6-10-16(11-7-14)24(32)33)4-3-5-19-21(27-29(2)23(19)31)15-8-12-17(13-9-15)25(34)35/h3-13,26H,1-2H3,(H,32,33)(H,34,35)/b4-3?,19-5-. The Morgan fingerprint density at radius 2 is 1.43 bits per heavy atom. The van der Waals surface area contributed by atoms with Crippen molar-refractivity contribution in [3.8, 4) is 11.3 Å². The van der Waals surface area contributed by atoms with E-state index in [2.05, 4.69) is 10.2 Å². The fraction of sp³-hybridized carbons (Fsp3) is 0.0800. The molecule has 1 aliphatic heterocycles. The number of aromatic amines is 1. The fourth-order valence-corrected chi connectivity index (χ4v) is 3.62. The number of carbonyl (C=O) groups excluding carboxylic acids is 1. The van der Waals surface area contributed by atoms with E-state index in [0.29, 0.717) is 28.1 Å². The summed E-state index contributed by atoms with van der Waals surface area (Å²) in [4.78, 5) is 47.6. The summed E-state index contributed by atoms with van der Waals surface area (Å²) in [7, 11) is 3.08. The maximum absolute atomic E-state index is 12.7. The summed E-state index contributed by atoms with van der Waals surface area (Å²) in [5.41, 5.74) is 2.63. The van der Waals surface area contributed by atoms with Crippen molar-refractivity contribution in [1.29, 1.82) is 0 Å². The van der Waals surface area contributed by atoms with Crippen LogP contribution in [0.4, 0.5) is 0 Å². The van der Waals surface area contributed by atoms with Crippen molar-refractivity contribution in [2.45, 2.75) is 0 Å². The first-order valence-corrected chi connectivity index (χ1v) is 10.4. The Bertz CT molecular complexity index is 1490. The zero-order valence-corrected chi connectivity index (χ0v) is 18.7. The number of aromatic nitrogens is 2. The van der Waals surface area contributed by atoms with Gasteiger partial charge >= 0.3 is 11.9 Å². The summed E-state index contributed by atoms with van der Waals surface area (Å²) >= 11 is 0. The SMILES string of the molecule is CN1N=C(c2ccc(C(=O)O)cc2)/C(=C/C=Cc2c(-c3ccc(C(=O)O)cc3)[nH]n(C)c2=O)C1=O. The van der Waals surface area contributed by atoms with Gasteiger partial charge in [-0.3, -0.25) is 19.4 Å². The lowest BCUT2D eigenvalue weighted by molar-refractivity contribution is -0.124. The number of rotatable bonds is 6. The normalized spacial score (nSPS) is 14.7. The second-order valence-corrected chi connectivity index (χ2v) is 7.75. The molecule has 1 amide bonds. The number of benzene rings is 2. The molecular formula is C25H20N4O6. The number of carboxylic acid groups (broad SMARTS) is 2. The third-order valence-electron chi connectivity index (χ3n) is 5.46. The highest BCUT2D eigenvalue weighted by molar-refractivity contribution is 6.31. The van der Waals surface area contributed by atoms with Crippen LogP contribution in [0.1, 0.15) is 31.8 Å². The smallest absolute Gasteiger partial charge is 0.335 e. The highest BCUT2D eigenvalue weighted by atomic mass is 16.4. The van der Waals surface area contributed by atoms with E-state index in [1.807, 2.05) is 0 Å². The molecule has 2 aromatic carbocycles. The van der Waals surface area contributed by atoms with Gasteiger partial charge in [-0.05, 0) is 36.4 Å². The lowest BCUT2D eigenvalue weighted by Gasteiger charge is -2.02. The second-order valence-electron chi connectivity index (χ2n) is 7.75. The maximum Gasteiger partial charge on any atom is 0.335 e. The van der Waals surface area contributed by atoms with Crippen molar-refractivity contribution < 1.29 is 24.6 Å². The van der Waals surface area contributed by atoms with Gasteiger partial charge in [0.15, 0.2) is 0 Å². The molecule has 1 aromatic heterocycles. The Hall–Kier alpha value is -4.99. The molecule has 0 aliphatic carbocycles. The van der Waals surface area contributed by atoms with Crippen molar-refractivity contribution in [1.82, 2.24) is 14.8 Å². The number of aromatic carboxylic acids is 2. The van der Waals surface area contributed by atoms with Gasteiger partial charge in [0.2, 0.25) is 0 Å². The van der Waals surface area contributed by atoms with Crippen LogP contribution in [0.15, 0.2) is 76.2 Å². The molecule has 0 atom stereocenters. The molecule has 0 radical (unpaired) electrons. The van der Waals surface area contributed by atoms with Gasteiger partial charge in [-0.1, -0.05) is 30.3 Å². The van der Waals surface area contributed by atoms with Crippen LogP contribution in [0, 0.1) is 0 Å². The topological polar surface area (TPSA) is 145 Å². The number of nitrogens with one attached hydrogen (secondary N) is 1. The van der Waals surface area contributed by atoms with Crippen LogP contribution in [0.2, 0.25) is 0 Å². The predicted molar refractivity (Wildman–Crippen MR) is 128 cm³/mol. The predicted octanol–water partition coefficient (Wildman–Crippen LogP) is 2.59. The molecule has 0 fully saturated rings. The Balaban J connectivity index is 1.68. The second kappa shape index (κ2) is 9.10. The number of carbonyl (C=O) groups is 3. The Morgan fingerprint density at radius 1 is 0.886 bits per heavy atom. The summed E-state index contributed by atoms with van der Waals surface area (Å²) in [5.74, 6) is -2.46. The number of hydrogen-bond donors (Lipinski definition) is 3. The van der Waals surface area contributed by atoms with Gasteiger partial charge in [-0.25, -0.2) is 14.6 Å². The molecular weight excluding hydrogens is 452 g/mol. The molecule has 10 nitrogen and oxygen atoms in total. The van der Waals surface area contributed by atoms with Gasteiger partial charge in [-0.15, -0.1) is 0 Å². The molecule has 176 valence electrons. The summed E-state index contributed by atoms with van der Waals surface area (Å²) in [6, 6.07) is 12.1. The first-order chi connectivity index (χ1) is 16.7. The molecule has 0 saturated carbocycles. The van der Waals surface area contributed by atoms with E-state index < -0.39 is 11.9 Å². The lowest BCUT2D eigenvalue weighted by Crippen LogP contribution is -2.17. The van der Waals surface area contributed by atoms with E-state index in [4.69, 9.17) is 10.2 Å². The molecule has 0 spiro atoms. The van der Waals surface area contributed by atoms with E-state index >= 15 is 0 Å². The monoisotopic (exact) mass is 472 g/mol. The zero-order valence-electron chi connectivity index (χ0n) is 18.7. The number of hydrogen-bond acceptors (Lipinski definition) is 5. The molecule has 10 heteroatoms. The van der Waals surface area contributed by atoms with Crippen molar-refractivity contribution >= 4 is 29.6 Å². The minimum absolute atomic E-state index is 0.115. The first kappa shape index (κ1) is 23.2. The summed E-state index contributed by atoms with van der Waals surface area (Å²) < 4.78 is 1.30. The van der Waals surface area contributed by atoms with Crippen LogP contribution in [0.5, 0.6) is 0 Å². The van der Waals surface area contributed by atoms with E-state index in [0.717, 1.165) is 0 Å². The van der Waals surface area contributed by atoms with Gasteiger partial charge in [0.05, 0.1) is 28.0 Å². The number of amides is 1. The molecule has 0 unspecified atom stereocenters. The molecule has 2 heterocycles. The lowest BCUT2D eigenvalue weighted by atomic mass is 10.0. The minimum Gasteiger partial charge on any atom is -0.478 e. The van der Waals surface area contributed by atoms with Crippen LogP contribution in [0.3, 0.4) is 0 Å². The average Bonchev–Trinajstić information content (AvgIpc) is 3.29. The number of hydrazone groups is 1. The largest absolute Gasteiger partial charge is 0.478 e. The summed E-state index contributed by atoms with van der Waals surface area (Å²) in [6.45, 7) is 0. The van der Waals surface area contributed by atoms with Gasteiger partial charge in [0.25, 0.3) is 11.5 Å². The van der Waals surface area contributed by atoms with Crippen LogP contribution >= 0.6 is 0 Å². The molecule has 3 N–H and O–H groups in total. The van der Waals surface area contributed by atoms with Gasteiger partial charge in [0.1, 0.15) is 5.71 Å². The average molecular weight is 472 g/mol. The number of nitrogens with zero attached hydrogens (tertiary/aromatic N) is 3. The van der Waals surface area contributed by atoms with E-state index in [1.165, 1.54) is 41.0 Å². The van der Waals surface area contributed by atoms with Crippen molar-refractivity contribution in [2.24, 2.45) is 12.1 Å². The van der Waals surface area contributed by atoms with Gasteiger partial charge in [0, 0.05) is 25.2 Å². The quantitative estimate of drug-likeness (QED) is 0.470. The number of aryl methyl sites for hydroxylation is 1. The van der Waals surface area contributed by atoms with Crippen molar-refractivity contribution in [3.05, 3.63) is 98.9 Å². The molecule has 0 saturated heterocycles. The van der Waals surface area contributed by atoms with E-state index in [9.17, 15) is 19.2 Å². The van der Waals surface area contributed by atoms with E-state index in [1.54, 1.807) is 49.5 Å². The van der Waals surface area contributed by atoms with Gasteiger partial charge in [-0.2, -0.15) is 5.10 Å². The van der Waals surface area contributed by atoms with Crippen molar-refractivity contribution in [3.63, 3.8) is 0 Å². The van der Waals surface area contributed by atoms with Crippen LogP contribution in [-0.2, 0) is 11.8 Å². The van der Waals surface area contributed by atoms with Crippen LogP contribution in [0.25, 0.3) is 17.3 Å². The third-order valence-corrected chi connectivity index (χ3v) is 5.46. The summed E-state index contributed by atoms with van der Waals surface area (Å²) in [5, 5.41) is 26.6. The Kier molecular flexibility index (Phi) is 6.03. The van der Waals surface area contributed by atoms with E-state index in [-0.39, 0.29) is 28.2 Å². The highest BCUT2D eigenvalue weighted by Gasteiger charge is 2.28. The molecule has 4 rings (SSSR count). The molecule has 35 heavy (non-hydrogen) atoms. The number of carboxylic acids is 2. The number of H-pyrrole nitrogens is 1. The number of likely N-dealkylation sites (N-methyl/N-ethyl adjacent to an activating group) is 1. The Labute approximate surface area is 198 Å². The van der Waals surface area contributed by atoms with Crippen molar-refractivity contribution in [2.75, 3.05) is 7.05 Å². The highest BCUT2D eigenvalue weighted by Crippen LogP contribution is 2.23. The number of allylic oxidation sites excluding steroid dienone is 2. The molecule has 1 aliphatic rings. The Morgan fingerprint density at radius 3 is 1.97 bits per heavy atom. The third kappa shape index (κ3) is 4.44.